The number of benzene rings is 2. The van der Waals surface area contributed by atoms with Crippen LogP contribution in [0.3, 0.4) is 0 Å². The van der Waals surface area contributed by atoms with E-state index in [1.165, 1.54) is 0 Å². The molecule has 0 saturated carbocycles. The van der Waals surface area contributed by atoms with Crippen LogP contribution in [0, 0.1) is 0 Å². The van der Waals surface area contributed by atoms with Crippen molar-refractivity contribution in [2.24, 2.45) is 0 Å². The van der Waals surface area contributed by atoms with E-state index in [0.29, 0.717) is 12.1 Å². The van der Waals surface area contributed by atoms with Gasteiger partial charge in [-0.2, -0.15) is 0 Å². The van der Waals surface area contributed by atoms with Gasteiger partial charge in [0.15, 0.2) is 0 Å². The van der Waals surface area contributed by atoms with Gasteiger partial charge in [0, 0.05) is 80.9 Å². The summed E-state index contributed by atoms with van der Waals surface area (Å²) in [6.45, 7) is 7.30. The molecular formula is C26H31N5O3. The first kappa shape index (κ1) is 22.6. The van der Waals surface area contributed by atoms with Crippen molar-refractivity contribution in [1.29, 1.82) is 0 Å². The van der Waals surface area contributed by atoms with Crippen molar-refractivity contribution in [2.75, 3.05) is 52.9 Å². The summed E-state index contributed by atoms with van der Waals surface area (Å²) in [5.41, 5.74) is 6.06. The molecular weight excluding hydrogens is 430 g/mol. The number of carbonyl (C=O) groups excluding carboxylic acids is 2. The molecule has 0 bridgehead atoms. The summed E-state index contributed by atoms with van der Waals surface area (Å²) in [5, 5.41) is 9.84. The number of para-hydroxylation sites is 1. The highest BCUT2D eigenvalue weighted by molar-refractivity contribution is 6.09. The SMILES string of the molecule is CN1CCN(CCN2CCc3c(c4ccccc4n3Cc3ccc(C(=O)NO)cc3)C2=O)CC1. The minimum atomic E-state index is -0.530. The molecule has 2 aromatic carbocycles. The number of hydroxylamine groups is 1. The van der Waals surface area contributed by atoms with E-state index in [-0.39, 0.29) is 5.91 Å². The van der Waals surface area contributed by atoms with Gasteiger partial charge in [-0.1, -0.05) is 30.3 Å². The highest BCUT2D eigenvalue weighted by Crippen LogP contribution is 2.31. The lowest BCUT2D eigenvalue weighted by atomic mass is 10.0. The van der Waals surface area contributed by atoms with Crippen molar-refractivity contribution in [3.8, 4) is 0 Å². The first-order valence-corrected chi connectivity index (χ1v) is 11.9. The zero-order chi connectivity index (χ0) is 23.7. The zero-order valence-electron chi connectivity index (χ0n) is 19.5. The Morgan fingerprint density at radius 2 is 1.71 bits per heavy atom. The fourth-order valence-electron chi connectivity index (χ4n) is 5.09. The predicted molar refractivity (Wildman–Crippen MR) is 130 cm³/mol. The number of amides is 2. The molecule has 0 atom stereocenters. The van der Waals surface area contributed by atoms with E-state index in [1.807, 2.05) is 35.2 Å². The normalized spacial score (nSPS) is 17.2. The molecule has 5 rings (SSSR count). The van der Waals surface area contributed by atoms with Crippen LogP contribution in [0.25, 0.3) is 10.9 Å². The Balaban J connectivity index is 1.38. The van der Waals surface area contributed by atoms with Crippen LogP contribution in [-0.2, 0) is 13.0 Å². The number of carbonyl (C=O) groups is 2. The Morgan fingerprint density at radius 1 is 0.971 bits per heavy atom. The number of hydrogen-bond donors (Lipinski definition) is 2. The number of fused-ring (bicyclic) bond motifs is 3. The first-order chi connectivity index (χ1) is 16.5. The van der Waals surface area contributed by atoms with Gasteiger partial charge in [0.25, 0.3) is 11.8 Å². The first-order valence-electron chi connectivity index (χ1n) is 11.9. The van der Waals surface area contributed by atoms with Gasteiger partial charge < -0.3 is 14.4 Å². The lowest BCUT2D eigenvalue weighted by Crippen LogP contribution is -2.48. The molecule has 2 amide bonds. The van der Waals surface area contributed by atoms with Gasteiger partial charge in [0.05, 0.1) is 5.56 Å². The van der Waals surface area contributed by atoms with E-state index in [1.54, 1.807) is 17.6 Å². The second-order valence-electron chi connectivity index (χ2n) is 9.25. The molecule has 0 radical (unpaired) electrons. The van der Waals surface area contributed by atoms with Crippen molar-refractivity contribution in [1.82, 2.24) is 24.7 Å². The molecule has 2 aliphatic heterocycles. The number of rotatable bonds is 6. The van der Waals surface area contributed by atoms with Gasteiger partial charge in [0.2, 0.25) is 0 Å². The fraction of sp³-hybridized carbons (Fsp3) is 0.385. The summed E-state index contributed by atoms with van der Waals surface area (Å²) < 4.78 is 2.24. The molecule has 178 valence electrons. The Kier molecular flexibility index (Phi) is 6.36. The zero-order valence-corrected chi connectivity index (χ0v) is 19.5. The van der Waals surface area contributed by atoms with Crippen molar-refractivity contribution < 1.29 is 14.8 Å². The molecule has 3 aromatic rings. The molecule has 3 heterocycles. The number of nitrogens with one attached hydrogen (secondary N) is 1. The fourth-order valence-corrected chi connectivity index (χ4v) is 5.09. The largest absolute Gasteiger partial charge is 0.339 e. The third-order valence-electron chi connectivity index (χ3n) is 7.14. The summed E-state index contributed by atoms with van der Waals surface area (Å²) in [6, 6.07) is 15.3. The Labute approximate surface area is 199 Å². The summed E-state index contributed by atoms with van der Waals surface area (Å²) in [4.78, 5) is 32.0. The molecule has 8 nitrogen and oxygen atoms in total. The van der Waals surface area contributed by atoms with Crippen molar-refractivity contribution in [3.63, 3.8) is 0 Å². The Bertz CT molecular complexity index is 1200. The molecule has 8 heteroatoms. The highest BCUT2D eigenvalue weighted by Gasteiger charge is 2.31. The van der Waals surface area contributed by atoms with Crippen LogP contribution in [-0.4, -0.2) is 89.1 Å². The quantitative estimate of drug-likeness (QED) is 0.434. The highest BCUT2D eigenvalue weighted by atomic mass is 16.5. The van der Waals surface area contributed by atoms with Crippen LogP contribution in [0.4, 0.5) is 0 Å². The van der Waals surface area contributed by atoms with Gasteiger partial charge in [-0.15, -0.1) is 0 Å². The third kappa shape index (κ3) is 4.32. The monoisotopic (exact) mass is 461 g/mol. The van der Waals surface area contributed by atoms with E-state index in [0.717, 1.165) is 80.0 Å². The van der Waals surface area contributed by atoms with Gasteiger partial charge in [-0.25, -0.2) is 5.48 Å². The van der Waals surface area contributed by atoms with Crippen molar-refractivity contribution in [2.45, 2.75) is 13.0 Å². The number of nitrogens with zero attached hydrogens (tertiary/aromatic N) is 4. The second kappa shape index (κ2) is 9.58. The summed E-state index contributed by atoms with van der Waals surface area (Å²) in [5.74, 6) is -0.405. The molecule has 34 heavy (non-hydrogen) atoms. The van der Waals surface area contributed by atoms with Gasteiger partial charge in [-0.05, 0) is 30.8 Å². The van der Waals surface area contributed by atoms with E-state index in [9.17, 15) is 9.59 Å². The summed E-state index contributed by atoms with van der Waals surface area (Å²) >= 11 is 0. The van der Waals surface area contributed by atoms with Crippen molar-refractivity contribution in [3.05, 3.63) is 70.9 Å². The Hall–Kier alpha value is -3.20. The minimum Gasteiger partial charge on any atom is -0.339 e. The molecule has 0 unspecified atom stereocenters. The molecule has 1 fully saturated rings. The summed E-state index contributed by atoms with van der Waals surface area (Å²) in [6.07, 6.45) is 0.823. The van der Waals surface area contributed by atoms with Crippen molar-refractivity contribution >= 4 is 22.7 Å². The van der Waals surface area contributed by atoms with E-state index < -0.39 is 5.91 Å². The predicted octanol–water partition coefficient (Wildman–Crippen LogP) is 2.05. The lowest BCUT2D eigenvalue weighted by Gasteiger charge is -2.35. The maximum absolute atomic E-state index is 13.6. The van der Waals surface area contributed by atoms with Gasteiger partial charge in [0.1, 0.15) is 0 Å². The number of likely N-dealkylation sites (N-methyl/N-ethyl adjacent to an activating group) is 1. The number of aromatic nitrogens is 1. The maximum Gasteiger partial charge on any atom is 0.274 e. The third-order valence-corrected chi connectivity index (χ3v) is 7.14. The van der Waals surface area contributed by atoms with E-state index in [2.05, 4.69) is 27.5 Å². The molecule has 2 N–H and O–H groups in total. The topological polar surface area (TPSA) is 81.1 Å². The van der Waals surface area contributed by atoms with Crippen LogP contribution in [0.5, 0.6) is 0 Å². The van der Waals surface area contributed by atoms with E-state index in [4.69, 9.17) is 5.21 Å². The lowest BCUT2D eigenvalue weighted by molar-refractivity contribution is 0.0695. The Morgan fingerprint density at radius 3 is 2.44 bits per heavy atom. The van der Waals surface area contributed by atoms with Gasteiger partial charge >= 0.3 is 0 Å². The molecule has 0 aliphatic carbocycles. The minimum absolute atomic E-state index is 0.125. The maximum atomic E-state index is 13.6. The van der Waals surface area contributed by atoms with Crippen LogP contribution in [0.2, 0.25) is 0 Å². The molecule has 0 spiro atoms. The van der Waals surface area contributed by atoms with E-state index >= 15 is 0 Å². The number of piperazine rings is 1. The molecule has 1 aromatic heterocycles. The average Bonchev–Trinajstić information content (AvgIpc) is 3.18. The average molecular weight is 462 g/mol. The van der Waals surface area contributed by atoms with Crippen LogP contribution < -0.4 is 5.48 Å². The molecule has 2 aliphatic rings. The van der Waals surface area contributed by atoms with Crippen LogP contribution >= 0.6 is 0 Å². The smallest absolute Gasteiger partial charge is 0.274 e. The van der Waals surface area contributed by atoms with Gasteiger partial charge in [-0.3, -0.25) is 19.7 Å². The number of hydrogen-bond acceptors (Lipinski definition) is 5. The second-order valence-corrected chi connectivity index (χ2v) is 9.25. The molecule has 1 saturated heterocycles. The summed E-state index contributed by atoms with van der Waals surface area (Å²) in [7, 11) is 2.16. The van der Waals surface area contributed by atoms with Crippen LogP contribution in [0.15, 0.2) is 48.5 Å². The van der Waals surface area contributed by atoms with Crippen LogP contribution in [0.1, 0.15) is 32.0 Å². The standard InChI is InChI=1S/C26H31N5O3/c1-28-12-14-29(15-13-28)16-17-30-11-10-23-24(26(30)33)21-4-2-3-5-22(21)31(23)18-19-6-8-20(9-7-19)25(32)27-34/h2-9,34H,10-18H2,1H3,(H,27,32).